The van der Waals surface area contributed by atoms with Crippen molar-refractivity contribution >= 4 is 11.6 Å². The number of nitrogens with zero attached hydrogens (tertiary/aromatic N) is 3. The molecule has 0 aliphatic carbocycles. The maximum Gasteiger partial charge on any atom is 0.168 e. The van der Waals surface area contributed by atoms with Crippen molar-refractivity contribution in [3.05, 3.63) is 34.9 Å². The average Bonchev–Trinajstić information content (AvgIpc) is 2.65. The molecular weight excluding hydrogens is 238 g/mol. The Bertz CT molecular complexity index is 628. The molecule has 0 saturated heterocycles. The molecule has 19 heavy (non-hydrogen) atoms. The molecule has 0 spiro atoms. The Kier molecular flexibility index (Phi) is 3.43. The third-order valence-corrected chi connectivity index (χ3v) is 2.83. The average molecular weight is 255 g/mol. The molecule has 0 radical (unpaired) electrons. The zero-order chi connectivity index (χ0) is 14.0. The van der Waals surface area contributed by atoms with Gasteiger partial charge in [0.1, 0.15) is 17.5 Å². The normalized spacial score (nSPS) is 10.2. The molecule has 0 fully saturated rings. The number of anilines is 2. The minimum Gasteiger partial charge on any atom is -0.382 e. The van der Waals surface area contributed by atoms with Gasteiger partial charge in [-0.3, -0.25) is 0 Å². The van der Waals surface area contributed by atoms with E-state index in [9.17, 15) is 5.26 Å². The van der Waals surface area contributed by atoms with Gasteiger partial charge in [0.15, 0.2) is 5.82 Å². The van der Waals surface area contributed by atoms with E-state index in [2.05, 4.69) is 22.6 Å². The monoisotopic (exact) mass is 255 g/mol. The Balaban J connectivity index is 2.59. The number of rotatable bonds is 3. The van der Waals surface area contributed by atoms with Crippen molar-refractivity contribution < 1.29 is 0 Å². The Morgan fingerprint density at radius 2 is 1.95 bits per heavy atom. The van der Waals surface area contributed by atoms with Gasteiger partial charge in [-0.15, -0.1) is 5.10 Å². The van der Waals surface area contributed by atoms with E-state index in [0.717, 1.165) is 16.8 Å². The summed E-state index contributed by atoms with van der Waals surface area (Å²) in [6.45, 7) is 6.68. The van der Waals surface area contributed by atoms with E-state index >= 15 is 0 Å². The van der Waals surface area contributed by atoms with Crippen LogP contribution in [0.25, 0.3) is 5.69 Å². The summed E-state index contributed by atoms with van der Waals surface area (Å²) < 4.78 is 1.61. The SMILES string of the molecule is CCNc1nn(-c2cc(C)cc(C)c2)c(N)c1C#N. The van der Waals surface area contributed by atoms with E-state index in [1.165, 1.54) is 0 Å². The van der Waals surface area contributed by atoms with E-state index in [-0.39, 0.29) is 0 Å². The number of hydrogen-bond acceptors (Lipinski definition) is 4. The summed E-state index contributed by atoms with van der Waals surface area (Å²) in [6, 6.07) is 8.17. The molecule has 0 aliphatic rings. The van der Waals surface area contributed by atoms with Crippen molar-refractivity contribution in [3.8, 4) is 11.8 Å². The fraction of sp³-hybridized carbons (Fsp3) is 0.286. The summed E-state index contributed by atoms with van der Waals surface area (Å²) in [5, 5.41) is 16.6. The zero-order valence-corrected chi connectivity index (χ0v) is 11.4. The summed E-state index contributed by atoms with van der Waals surface area (Å²) in [6.07, 6.45) is 0. The Labute approximate surface area is 112 Å². The molecule has 0 unspecified atom stereocenters. The minimum absolute atomic E-state index is 0.364. The Hall–Kier alpha value is -2.48. The molecular formula is C14H17N5. The van der Waals surface area contributed by atoms with E-state index in [4.69, 9.17) is 5.73 Å². The number of aryl methyl sites for hydroxylation is 2. The lowest BCUT2D eigenvalue weighted by molar-refractivity contribution is 0.887. The smallest absolute Gasteiger partial charge is 0.168 e. The minimum atomic E-state index is 0.364. The number of nitrogens with one attached hydrogen (secondary N) is 1. The molecule has 1 aromatic heterocycles. The van der Waals surface area contributed by atoms with Crippen LogP contribution >= 0.6 is 0 Å². The van der Waals surface area contributed by atoms with Gasteiger partial charge in [0.25, 0.3) is 0 Å². The van der Waals surface area contributed by atoms with E-state index < -0.39 is 0 Å². The van der Waals surface area contributed by atoms with Gasteiger partial charge in [0.05, 0.1) is 5.69 Å². The highest BCUT2D eigenvalue weighted by atomic mass is 15.3. The van der Waals surface area contributed by atoms with Gasteiger partial charge in [0.2, 0.25) is 0 Å². The third kappa shape index (κ3) is 2.38. The first kappa shape index (κ1) is 13.0. The van der Waals surface area contributed by atoms with Crippen LogP contribution in [0.15, 0.2) is 18.2 Å². The second kappa shape index (κ2) is 5.02. The Morgan fingerprint density at radius 1 is 1.32 bits per heavy atom. The van der Waals surface area contributed by atoms with Crippen LogP contribution in [0.1, 0.15) is 23.6 Å². The summed E-state index contributed by atoms with van der Waals surface area (Å²) in [5.41, 5.74) is 9.54. The van der Waals surface area contributed by atoms with Crippen LogP contribution in [0.4, 0.5) is 11.6 Å². The van der Waals surface area contributed by atoms with Crippen LogP contribution in [0, 0.1) is 25.2 Å². The van der Waals surface area contributed by atoms with Crippen molar-refractivity contribution in [2.75, 3.05) is 17.6 Å². The van der Waals surface area contributed by atoms with Crippen molar-refractivity contribution in [3.63, 3.8) is 0 Å². The fourth-order valence-electron chi connectivity index (χ4n) is 2.10. The predicted octanol–water partition coefficient (Wildman–Crippen LogP) is 2.37. The lowest BCUT2D eigenvalue weighted by Gasteiger charge is -2.06. The topological polar surface area (TPSA) is 79.7 Å². The quantitative estimate of drug-likeness (QED) is 0.882. The van der Waals surface area contributed by atoms with Crippen LogP contribution in [0.2, 0.25) is 0 Å². The van der Waals surface area contributed by atoms with Crippen molar-refractivity contribution in [2.24, 2.45) is 0 Å². The van der Waals surface area contributed by atoms with Gasteiger partial charge in [-0.2, -0.15) is 5.26 Å². The van der Waals surface area contributed by atoms with Gasteiger partial charge < -0.3 is 11.1 Å². The number of nitrogen functional groups attached to an aromatic ring is 1. The summed E-state index contributed by atoms with van der Waals surface area (Å²) in [5.74, 6) is 0.894. The van der Waals surface area contributed by atoms with Crippen LogP contribution < -0.4 is 11.1 Å². The van der Waals surface area contributed by atoms with Gasteiger partial charge in [0, 0.05) is 6.54 Å². The number of benzene rings is 1. The molecule has 0 atom stereocenters. The first-order valence-corrected chi connectivity index (χ1v) is 6.18. The molecule has 0 bridgehead atoms. The number of nitrogens with two attached hydrogens (primary N) is 1. The number of nitriles is 1. The molecule has 2 aromatic rings. The molecule has 1 heterocycles. The highest BCUT2D eigenvalue weighted by Crippen LogP contribution is 2.25. The van der Waals surface area contributed by atoms with Gasteiger partial charge in [-0.1, -0.05) is 6.07 Å². The second-order valence-corrected chi connectivity index (χ2v) is 4.51. The maximum absolute atomic E-state index is 9.17. The molecule has 3 N–H and O–H groups in total. The summed E-state index contributed by atoms with van der Waals surface area (Å²) in [4.78, 5) is 0. The largest absolute Gasteiger partial charge is 0.382 e. The first-order valence-electron chi connectivity index (χ1n) is 6.18. The van der Waals surface area contributed by atoms with E-state index in [1.54, 1.807) is 4.68 Å². The van der Waals surface area contributed by atoms with Crippen LogP contribution in [0.3, 0.4) is 0 Å². The molecule has 2 rings (SSSR count). The molecule has 1 aromatic carbocycles. The van der Waals surface area contributed by atoms with Crippen LogP contribution in [0.5, 0.6) is 0 Å². The van der Waals surface area contributed by atoms with Crippen molar-refractivity contribution in [1.82, 2.24) is 9.78 Å². The van der Waals surface area contributed by atoms with Crippen molar-refractivity contribution in [2.45, 2.75) is 20.8 Å². The Morgan fingerprint density at radius 3 is 2.47 bits per heavy atom. The lowest BCUT2D eigenvalue weighted by Crippen LogP contribution is -2.03. The number of aromatic nitrogens is 2. The van der Waals surface area contributed by atoms with Crippen LogP contribution in [-0.2, 0) is 0 Å². The number of hydrogen-bond donors (Lipinski definition) is 2. The van der Waals surface area contributed by atoms with Crippen LogP contribution in [-0.4, -0.2) is 16.3 Å². The molecule has 98 valence electrons. The predicted molar refractivity (Wildman–Crippen MR) is 76.3 cm³/mol. The molecule has 5 heteroatoms. The lowest BCUT2D eigenvalue weighted by atomic mass is 10.1. The van der Waals surface area contributed by atoms with E-state index in [0.29, 0.717) is 23.7 Å². The summed E-state index contributed by atoms with van der Waals surface area (Å²) in [7, 11) is 0. The van der Waals surface area contributed by atoms with E-state index in [1.807, 2.05) is 32.9 Å². The molecule has 0 saturated carbocycles. The van der Waals surface area contributed by atoms with Gasteiger partial charge >= 0.3 is 0 Å². The standard InChI is InChI=1S/C14H17N5/c1-4-17-14-12(8-15)13(16)19(18-14)11-6-9(2)5-10(3)7-11/h5-7H,4,16H2,1-3H3,(H,17,18). The van der Waals surface area contributed by atoms with Gasteiger partial charge in [-0.25, -0.2) is 4.68 Å². The maximum atomic E-state index is 9.17. The van der Waals surface area contributed by atoms with Gasteiger partial charge in [-0.05, 0) is 44.0 Å². The zero-order valence-electron chi connectivity index (χ0n) is 11.4. The third-order valence-electron chi connectivity index (χ3n) is 2.83. The summed E-state index contributed by atoms with van der Waals surface area (Å²) >= 11 is 0. The van der Waals surface area contributed by atoms with Crippen molar-refractivity contribution in [1.29, 1.82) is 5.26 Å². The highest BCUT2D eigenvalue weighted by molar-refractivity contribution is 5.66. The second-order valence-electron chi connectivity index (χ2n) is 4.51. The highest BCUT2D eigenvalue weighted by Gasteiger charge is 2.16. The fourth-order valence-corrected chi connectivity index (χ4v) is 2.10. The molecule has 0 aliphatic heterocycles. The molecule has 5 nitrogen and oxygen atoms in total. The first-order chi connectivity index (χ1) is 9.06. The molecule has 0 amide bonds.